The average molecular weight is 2000 g/mol. The second kappa shape index (κ2) is 42.5. The number of nitriles is 3. The molecule has 0 saturated carbocycles. The molecule has 2 saturated heterocycles. The van der Waals surface area contributed by atoms with Crippen LogP contribution in [0.2, 0.25) is 21.0 Å². The highest BCUT2D eigenvalue weighted by Gasteiger charge is 2.30. The highest BCUT2D eigenvalue weighted by atomic mass is 35.5. The zero-order valence-electron chi connectivity index (χ0n) is 68.4. The van der Waals surface area contributed by atoms with E-state index in [1.807, 2.05) is 38.4 Å². The number of nitrogens with zero attached hydrogens (tertiary/aromatic N) is 16. The summed E-state index contributed by atoms with van der Waals surface area (Å²) in [6.07, 6.45) is 2.85. The summed E-state index contributed by atoms with van der Waals surface area (Å²) in [6, 6.07) is 36.8. The van der Waals surface area contributed by atoms with Crippen LogP contribution in [0.4, 0.5) is 43.0 Å². The summed E-state index contributed by atoms with van der Waals surface area (Å²) in [7, 11) is 3.12. The van der Waals surface area contributed by atoms with Gasteiger partial charge >= 0.3 is 17.8 Å². The molecule has 0 unspecified atom stereocenters. The summed E-state index contributed by atoms with van der Waals surface area (Å²) in [4.78, 5) is 127. The summed E-state index contributed by atoms with van der Waals surface area (Å²) in [5, 5.41) is 30.3. The third-order valence-corrected chi connectivity index (χ3v) is 26.3. The molecule has 2 aliphatic heterocycles. The molecule has 16 heterocycles. The van der Waals surface area contributed by atoms with E-state index in [-0.39, 0.29) is 104 Å². The van der Waals surface area contributed by atoms with Gasteiger partial charge in [-0.3, -0.25) is 47.6 Å². The number of anilines is 2. The number of carbonyl (C=O) groups excluding carboxylic acids is 1. The average Bonchev–Trinajstić information content (AvgIpc) is 1.68. The van der Waals surface area contributed by atoms with Gasteiger partial charge in [0.1, 0.15) is 33.8 Å². The van der Waals surface area contributed by atoms with Crippen molar-refractivity contribution >= 4 is 215 Å². The number of rotatable bonds is 11. The molecule has 31 nitrogen and oxygen atoms in total. The van der Waals surface area contributed by atoms with Crippen molar-refractivity contribution in [3.8, 4) is 30.1 Å². The van der Waals surface area contributed by atoms with Crippen molar-refractivity contribution in [2.45, 2.75) is 83.8 Å². The van der Waals surface area contributed by atoms with E-state index in [9.17, 15) is 70.4 Å². The third-order valence-electron chi connectivity index (χ3n) is 18.9. The smallest absolute Gasteiger partial charge is 0.407 e. The van der Waals surface area contributed by atoms with Gasteiger partial charge in [0.25, 0.3) is 27.8 Å². The highest BCUT2D eigenvalue weighted by Crippen LogP contribution is 2.34. The van der Waals surface area contributed by atoms with Crippen molar-refractivity contribution in [3.63, 3.8) is 0 Å². The minimum Gasteiger partial charge on any atom is -0.480 e. The van der Waals surface area contributed by atoms with Gasteiger partial charge < -0.3 is 40.0 Å². The van der Waals surface area contributed by atoms with Gasteiger partial charge in [-0.25, -0.2) is 39.5 Å². The number of hydrogen-bond donors (Lipinski definition) is 5. The van der Waals surface area contributed by atoms with Crippen LogP contribution >= 0.6 is 126 Å². The first kappa shape index (κ1) is 95.9. The van der Waals surface area contributed by atoms with E-state index in [1.165, 1.54) is 51.1 Å². The monoisotopic (exact) mass is 1990 g/mol. The van der Waals surface area contributed by atoms with Crippen LogP contribution in [0.1, 0.15) is 79.8 Å². The van der Waals surface area contributed by atoms with Crippen molar-refractivity contribution in [3.05, 3.63) is 268 Å². The quantitative estimate of drug-likeness (QED) is 0.0456. The molecule has 131 heavy (non-hydrogen) atoms. The lowest BCUT2D eigenvalue weighted by Gasteiger charge is -2.35. The summed E-state index contributed by atoms with van der Waals surface area (Å²) >= 11 is 28.9. The van der Waals surface area contributed by atoms with Gasteiger partial charge in [0.05, 0.1) is 112 Å². The molecule has 2 atom stereocenters. The fraction of sp³-hybridized carbons (Fsp3) is 0.229. The third kappa shape index (κ3) is 23.6. The van der Waals surface area contributed by atoms with Crippen LogP contribution in [0, 0.1) is 64.8 Å². The van der Waals surface area contributed by atoms with Crippen molar-refractivity contribution in [2.75, 3.05) is 50.2 Å². The Hall–Kier alpha value is -12.6. The molecular formula is C83H65Cl4F6N21O10S7. The van der Waals surface area contributed by atoms with E-state index >= 15 is 0 Å². The van der Waals surface area contributed by atoms with Crippen LogP contribution in [0.15, 0.2) is 149 Å². The van der Waals surface area contributed by atoms with Crippen molar-refractivity contribution < 1.29 is 45.3 Å². The van der Waals surface area contributed by atoms with E-state index in [0.717, 1.165) is 111 Å². The van der Waals surface area contributed by atoms with Gasteiger partial charge in [-0.05, 0) is 128 Å². The lowest BCUT2D eigenvalue weighted by Crippen LogP contribution is -2.50. The van der Waals surface area contributed by atoms with Gasteiger partial charge in [-0.15, -0.1) is 22.7 Å². The zero-order chi connectivity index (χ0) is 93.8. The number of carbonyl (C=O) groups is 1. The number of aromatic nitrogens is 14. The van der Waals surface area contributed by atoms with Gasteiger partial charge in [-0.1, -0.05) is 123 Å². The Morgan fingerprint density at radius 3 is 1.47 bits per heavy atom. The number of H-pyrrole nitrogens is 3. The van der Waals surface area contributed by atoms with Gasteiger partial charge in [0, 0.05) is 74.7 Å². The first-order valence-electron chi connectivity index (χ1n) is 38.5. The lowest BCUT2D eigenvalue weighted by molar-refractivity contribution is 0.0499. The molecular weight excluding hydrogens is 1930 g/mol. The molecule has 17 aromatic rings. The standard InChI is InChI=1S/C24H26FN5O3S.C19H18FN5OS.C14H7ClFN3OS.C8H8N2O2S.C6HCl2FN2S.C6H2ClFN2OS.C6H3FN2O2S/c1-24(2,3)33-23(32)27-17-9-6-10-29(14-17)22-28-18-11-19(25)34-20(18)21(31)30(22)13-16-8-5-4-7-15(16)12-26;20-16-8-15-17(27-16)18(26)25(10-13-5-2-1-4-12(13)9-21)19(23-15)24-7-3-6-14(22)11-24;15-14-18-10-5-11(16)21-12(10)13(20)19(14)7-9-4-2-1-3-8(9)6-17;1-11-7-6-5(3-4-13-6)9-8(10-7)12-2;7-5-4-2(1-3(9)12-4)10-6(8)11-5;7-6-9-2-1-3(8)12-4(2)5(11)10-6;7-3-1-2-4(12-3)5(10)9-6(11)8-2/h4-5,7-8,11,17H,6,9-10,13-14H2,1-3H3,(H,27,32);1-2,4-5,8,14H,3,6-7,10-11,22H2;1-5H,7H2;3-4H,1-2H3;1H;1H,(H,9,10,11);1H,(H2,8,9,10,11)/t17-;14-;;;;;/m11...../s1. The molecule has 0 bridgehead atoms. The van der Waals surface area contributed by atoms with Crippen LogP contribution in [-0.4, -0.2) is 133 Å². The van der Waals surface area contributed by atoms with Crippen molar-refractivity contribution in [1.82, 2.24) is 73.8 Å². The van der Waals surface area contributed by atoms with Crippen LogP contribution in [0.25, 0.3) is 71.5 Å². The summed E-state index contributed by atoms with van der Waals surface area (Å²) < 4.78 is 101. The number of ether oxygens (including phenoxy) is 3. The number of methoxy groups -OCH3 is 2. The summed E-state index contributed by atoms with van der Waals surface area (Å²) in [6.45, 7) is 8.21. The number of fused-ring (bicyclic) bond motifs is 7. The maximum Gasteiger partial charge on any atom is 0.407 e. The maximum absolute atomic E-state index is 14.0. The molecule has 48 heteroatoms. The normalized spacial score (nSPS) is 13.5. The number of amides is 1. The van der Waals surface area contributed by atoms with Gasteiger partial charge in [-0.2, -0.15) is 52.1 Å². The largest absolute Gasteiger partial charge is 0.480 e. The molecule has 19 rings (SSSR count). The van der Waals surface area contributed by atoms with Gasteiger partial charge in [0.2, 0.25) is 33.6 Å². The summed E-state index contributed by atoms with van der Waals surface area (Å²) in [5.74, 6) is 1.43. The van der Waals surface area contributed by atoms with E-state index < -0.39 is 59.7 Å². The number of hydrogen-bond acceptors (Lipinski definition) is 31. The molecule has 0 radical (unpaired) electrons. The minimum atomic E-state index is -0.620. The molecule has 3 aromatic carbocycles. The topological polar surface area (TPSA) is 428 Å². The number of aromatic amines is 3. The van der Waals surface area contributed by atoms with Gasteiger partial charge in [0.15, 0.2) is 35.9 Å². The molecule has 2 aliphatic rings. The second-order valence-corrected chi connectivity index (χ2v) is 37.3. The Kier molecular flexibility index (Phi) is 31.1. The molecule has 1 amide bonds. The Labute approximate surface area is 782 Å². The number of alkyl carbamates (subject to hydrolysis) is 1. The van der Waals surface area contributed by atoms with E-state index in [4.69, 9.17) is 71.6 Å². The highest BCUT2D eigenvalue weighted by molar-refractivity contribution is 7.19. The zero-order valence-corrected chi connectivity index (χ0v) is 77.2. The number of nitrogens with two attached hydrogens (primary N) is 1. The van der Waals surface area contributed by atoms with E-state index in [1.54, 1.807) is 99.9 Å². The Bertz CT molecular complexity index is 7700. The minimum absolute atomic E-state index is 0.00500. The molecule has 674 valence electrons. The molecule has 0 aliphatic carbocycles. The second-order valence-electron chi connectivity index (χ2n) is 29.0. The van der Waals surface area contributed by atoms with Crippen LogP contribution in [-0.2, 0) is 24.4 Å². The number of piperidine rings is 2. The summed E-state index contributed by atoms with van der Waals surface area (Å²) in [5.41, 5.74) is 9.08. The number of benzene rings is 3. The Morgan fingerprint density at radius 1 is 0.511 bits per heavy atom. The van der Waals surface area contributed by atoms with Crippen molar-refractivity contribution in [1.29, 1.82) is 15.8 Å². The number of nitrogens with one attached hydrogen (secondary N) is 4. The Balaban J connectivity index is 0.000000135. The molecule has 14 aromatic heterocycles. The first-order valence-corrected chi connectivity index (χ1v) is 45.8. The fourth-order valence-corrected chi connectivity index (χ4v) is 19.4. The number of thiophene rings is 7. The SMILES string of the molecule is CC(C)(C)OC(=O)N[C@@H]1CCCN(c2nc3cc(F)sc3c(=O)n2Cc2ccccc2C#N)C1.COc1nc(OC)c2sccc2n1.Fc1cc2nc(Cl)nc(Cl)c2s1.N#Cc1ccccc1Cn1c(Cl)nc2cc(F)sc2c1=O.N#Cc1ccccc1Cn1c(N2CCC[C@@H](N)C2)nc2cc(F)sc2c1=O.O=c1[nH]c(=O)c2sc(F)cc2[nH]1.O=c1[nH]c(Cl)nc2cc(F)sc12. The maximum atomic E-state index is 14.0. The predicted molar refractivity (Wildman–Crippen MR) is 497 cm³/mol. The molecule has 6 N–H and O–H groups in total. The van der Waals surface area contributed by atoms with Crippen LogP contribution < -0.4 is 63.8 Å². The predicted octanol–water partition coefficient (Wildman–Crippen LogP) is 16.7. The van der Waals surface area contributed by atoms with E-state index in [2.05, 4.69) is 73.4 Å². The Morgan fingerprint density at radius 2 is 0.962 bits per heavy atom. The molecule has 0 spiro atoms. The lowest BCUT2D eigenvalue weighted by atomic mass is 10.1. The first-order chi connectivity index (χ1) is 62.6. The van der Waals surface area contributed by atoms with Crippen molar-refractivity contribution in [2.24, 2.45) is 5.73 Å². The number of halogens is 10. The molecule has 2 fully saturated rings. The van der Waals surface area contributed by atoms with E-state index in [0.29, 0.717) is 109 Å². The van der Waals surface area contributed by atoms with Crippen LogP contribution in [0.5, 0.6) is 11.9 Å². The van der Waals surface area contributed by atoms with Crippen LogP contribution in [0.3, 0.4) is 0 Å². The fourth-order valence-electron chi connectivity index (χ4n) is 13.3.